The first-order valence-corrected chi connectivity index (χ1v) is 14.2. The van der Waals surface area contributed by atoms with Crippen LogP contribution in [0.3, 0.4) is 0 Å². The van der Waals surface area contributed by atoms with Crippen molar-refractivity contribution in [3.8, 4) is 11.1 Å². The Hall–Kier alpha value is -3.91. The summed E-state index contributed by atoms with van der Waals surface area (Å²) in [7, 11) is 2.15. The molecule has 0 unspecified atom stereocenters. The van der Waals surface area contributed by atoms with E-state index in [1.54, 1.807) is 0 Å². The number of fused-ring (bicyclic) bond motifs is 1. The van der Waals surface area contributed by atoms with E-state index >= 15 is 0 Å². The average Bonchev–Trinajstić information content (AvgIpc) is 3.28. The normalized spacial score (nSPS) is 15.0. The number of benzene rings is 1. The fourth-order valence-corrected chi connectivity index (χ4v) is 5.64. The van der Waals surface area contributed by atoms with Crippen LogP contribution in [0.2, 0.25) is 0 Å². The van der Waals surface area contributed by atoms with Crippen LogP contribution in [0.1, 0.15) is 59.1 Å². The lowest BCUT2D eigenvalue weighted by molar-refractivity contribution is 0.0952. The summed E-state index contributed by atoms with van der Waals surface area (Å²) < 4.78 is 2.27. The van der Waals surface area contributed by atoms with Crippen molar-refractivity contribution < 1.29 is 4.79 Å². The molecule has 8 nitrogen and oxygen atoms in total. The number of hydrogen-bond donors (Lipinski definition) is 2. The molecule has 40 heavy (non-hydrogen) atoms. The zero-order valence-corrected chi connectivity index (χ0v) is 24.5. The molecule has 5 rings (SSSR count). The number of pyridine rings is 2. The zero-order valence-electron chi connectivity index (χ0n) is 24.5. The molecule has 1 fully saturated rings. The van der Waals surface area contributed by atoms with Gasteiger partial charge in [-0.05, 0) is 88.2 Å². The van der Waals surface area contributed by atoms with Crippen LogP contribution in [-0.4, -0.2) is 58.6 Å². The van der Waals surface area contributed by atoms with Crippen LogP contribution in [0.4, 0.5) is 5.82 Å². The highest BCUT2D eigenvalue weighted by Crippen LogP contribution is 2.34. The molecular formula is C32H40N6O2. The molecule has 3 aromatic heterocycles. The third kappa shape index (κ3) is 5.41. The van der Waals surface area contributed by atoms with Crippen molar-refractivity contribution in [3.63, 3.8) is 0 Å². The Balaban J connectivity index is 1.52. The number of H-pyrrole nitrogens is 1. The van der Waals surface area contributed by atoms with E-state index in [0.29, 0.717) is 11.1 Å². The van der Waals surface area contributed by atoms with E-state index in [1.165, 1.54) is 0 Å². The molecule has 0 saturated carbocycles. The van der Waals surface area contributed by atoms with Crippen LogP contribution in [0.25, 0.3) is 22.0 Å². The molecule has 0 radical (unpaired) electrons. The van der Waals surface area contributed by atoms with Gasteiger partial charge in [-0.25, -0.2) is 4.98 Å². The molecule has 2 N–H and O–H groups in total. The lowest BCUT2D eigenvalue weighted by atomic mass is 9.98. The van der Waals surface area contributed by atoms with Gasteiger partial charge in [-0.3, -0.25) is 9.59 Å². The van der Waals surface area contributed by atoms with E-state index in [9.17, 15) is 9.59 Å². The van der Waals surface area contributed by atoms with Gasteiger partial charge in [-0.1, -0.05) is 6.92 Å². The average molecular weight is 541 g/mol. The maximum atomic E-state index is 13.7. The zero-order chi connectivity index (χ0) is 28.6. The molecule has 1 aliphatic rings. The molecule has 1 aliphatic heterocycles. The monoisotopic (exact) mass is 540 g/mol. The van der Waals surface area contributed by atoms with Crippen molar-refractivity contribution in [1.82, 2.24) is 24.8 Å². The van der Waals surface area contributed by atoms with Crippen molar-refractivity contribution in [2.45, 2.75) is 53.6 Å². The summed E-state index contributed by atoms with van der Waals surface area (Å²) in [5, 5.41) is 3.97. The number of aromatic amines is 1. The minimum Gasteiger partial charge on any atom is -0.354 e. The van der Waals surface area contributed by atoms with Crippen LogP contribution in [0.15, 0.2) is 47.5 Å². The molecule has 0 bridgehead atoms. The Morgan fingerprint density at radius 1 is 1.05 bits per heavy atom. The topological polar surface area (TPSA) is 86.3 Å². The number of aryl methyl sites for hydroxylation is 3. The van der Waals surface area contributed by atoms with Crippen molar-refractivity contribution >= 4 is 22.6 Å². The van der Waals surface area contributed by atoms with Gasteiger partial charge in [0.2, 0.25) is 0 Å². The largest absolute Gasteiger partial charge is 0.354 e. The number of amides is 1. The lowest BCUT2D eigenvalue weighted by Crippen LogP contribution is -2.44. The highest BCUT2D eigenvalue weighted by atomic mass is 16.1. The molecule has 210 valence electrons. The maximum absolute atomic E-state index is 13.7. The minimum atomic E-state index is -0.196. The van der Waals surface area contributed by atoms with Crippen molar-refractivity contribution in [1.29, 1.82) is 0 Å². The van der Waals surface area contributed by atoms with E-state index in [2.05, 4.69) is 76.9 Å². The second kappa shape index (κ2) is 11.3. The Labute approximate surface area is 236 Å². The molecule has 8 heteroatoms. The van der Waals surface area contributed by atoms with Crippen LogP contribution in [0, 0.1) is 20.8 Å². The van der Waals surface area contributed by atoms with E-state index in [4.69, 9.17) is 4.98 Å². The Morgan fingerprint density at radius 2 is 1.80 bits per heavy atom. The van der Waals surface area contributed by atoms with Gasteiger partial charge < -0.3 is 24.7 Å². The van der Waals surface area contributed by atoms with Gasteiger partial charge in [0.1, 0.15) is 5.82 Å². The second-order valence-corrected chi connectivity index (χ2v) is 11.2. The van der Waals surface area contributed by atoms with Crippen molar-refractivity contribution in [2.75, 3.05) is 38.1 Å². The summed E-state index contributed by atoms with van der Waals surface area (Å²) in [4.78, 5) is 38.6. The second-order valence-electron chi connectivity index (χ2n) is 11.2. The number of aromatic nitrogens is 3. The fourth-order valence-electron chi connectivity index (χ4n) is 5.64. The van der Waals surface area contributed by atoms with Crippen LogP contribution < -0.4 is 15.8 Å². The Bertz CT molecular complexity index is 1590. The van der Waals surface area contributed by atoms with E-state index in [-0.39, 0.29) is 24.1 Å². The number of carbonyl (C=O) groups excluding carboxylic acids is 1. The van der Waals surface area contributed by atoms with Crippen LogP contribution in [-0.2, 0) is 6.54 Å². The molecule has 4 heterocycles. The SMILES string of the molecule is CC[C@H](C)n1cc(C)c2c(C(=O)NCc3c(C)cc(C)[nH]c3=O)cc(-c3ccc(N4CCN(C)CC4)nc3)cc21. The number of nitrogens with zero attached hydrogens (tertiary/aromatic N) is 4. The molecule has 4 aromatic rings. The molecule has 1 amide bonds. The maximum Gasteiger partial charge on any atom is 0.253 e. The molecule has 0 aliphatic carbocycles. The molecular weight excluding hydrogens is 500 g/mol. The smallest absolute Gasteiger partial charge is 0.253 e. The quantitative estimate of drug-likeness (QED) is 0.346. The number of piperazine rings is 1. The summed E-state index contributed by atoms with van der Waals surface area (Å²) >= 11 is 0. The molecule has 0 spiro atoms. The van der Waals surface area contributed by atoms with Gasteiger partial charge in [0.15, 0.2) is 0 Å². The lowest BCUT2D eigenvalue weighted by Gasteiger charge is -2.33. The highest BCUT2D eigenvalue weighted by molar-refractivity contribution is 6.09. The molecule has 1 saturated heterocycles. The first-order valence-electron chi connectivity index (χ1n) is 14.2. The van der Waals surface area contributed by atoms with Gasteiger partial charge in [0.05, 0.1) is 0 Å². The van der Waals surface area contributed by atoms with Gasteiger partial charge in [0, 0.05) is 84.4 Å². The van der Waals surface area contributed by atoms with Gasteiger partial charge >= 0.3 is 0 Å². The third-order valence-corrected chi connectivity index (χ3v) is 8.26. The summed E-state index contributed by atoms with van der Waals surface area (Å²) in [5.74, 6) is 0.784. The van der Waals surface area contributed by atoms with Crippen molar-refractivity contribution in [2.24, 2.45) is 0 Å². The highest BCUT2D eigenvalue weighted by Gasteiger charge is 2.21. The molecule has 1 aromatic carbocycles. The number of carbonyl (C=O) groups is 1. The summed E-state index contributed by atoms with van der Waals surface area (Å²) in [6.07, 6.45) is 5.03. The van der Waals surface area contributed by atoms with Gasteiger partial charge in [-0.15, -0.1) is 0 Å². The fraction of sp³-hybridized carbons (Fsp3) is 0.406. The first-order chi connectivity index (χ1) is 19.2. The van der Waals surface area contributed by atoms with Crippen LogP contribution in [0.5, 0.6) is 0 Å². The van der Waals surface area contributed by atoms with Crippen molar-refractivity contribution in [3.05, 3.63) is 81.0 Å². The van der Waals surface area contributed by atoms with E-state index < -0.39 is 0 Å². The summed E-state index contributed by atoms with van der Waals surface area (Å²) in [5.41, 5.74) is 6.69. The number of anilines is 1. The van der Waals surface area contributed by atoms with Gasteiger partial charge in [0.25, 0.3) is 11.5 Å². The van der Waals surface area contributed by atoms with E-state index in [0.717, 1.165) is 77.3 Å². The summed E-state index contributed by atoms with van der Waals surface area (Å²) in [6, 6.07) is 10.5. The number of likely N-dealkylation sites (N-methyl/N-ethyl adjacent to an activating group) is 1. The first kappa shape index (κ1) is 27.6. The minimum absolute atomic E-state index is 0.165. The Kier molecular flexibility index (Phi) is 7.81. The van der Waals surface area contributed by atoms with Crippen LogP contribution >= 0.6 is 0 Å². The molecule has 1 atom stereocenters. The third-order valence-electron chi connectivity index (χ3n) is 8.26. The summed E-state index contributed by atoms with van der Waals surface area (Å²) in [6.45, 7) is 14.3. The number of rotatable bonds is 7. The van der Waals surface area contributed by atoms with E-state index in [1.807, 2.05) is 32.2 Å². The predicted octanol–water partition coefficient (Wildman–Crippen LogP) is 4.97. The van der Waals surface area contributed by atoms with Gasteiger partial charge in [-0.2, -0.15) is 0 Å². The predicted molar refractivity (Wildman–Crippen MR) is 162 cm³/mol. The number of hydrogen-bond acceptors (Lipinski definition) is 5. The Morgan fingerprint density at radius 3 is 2.45 bits per heavy atom. The standard InChI is InChI=1S/C32H40N6O2/c1-7-23(5)38-19-21(3)30-26(31(39)34-18-27-20(2)14-22(4)35-32(27)40)15-25(16-28(30)38)24-8-9-29(33-17-24)37-12-10-36(6)11-13-37/h8-9,14-17,19,23H,7,10-13,18H2,1-6H3,(H,34,39)(H,35,40)/t23-/m0/s1. The number of nitrogens with one attached hydrogen (secondary N) is 2.